The first-order chi connectivity index (χ1) is 7.60. The fraction of sp³-hybridized carbons (Fsp3) is 0.182. The van der Waals surface area contributed by atoms with E-state index in [1.54, 1.807) is 24.3 Å². The van der Waals surface area contributed by atoms with Gasteiger partial charge >= 0.3 is 6.09 Å². The van der Waals surface area contributed by atoms with E-state index in [2.05, 4.69) is 4.74 Å². The summed E-state index contributed by atoms with van der Waals surface area (Å²) in [6.07, 6.45) is -0.669. The van der Waals surface area contributed by atoms with Gasteiger partial charge in [-0.15, -0.1) is 0 Å². The average molecular weight is 234 g/mol. The summed E-state index contributed by atoms with van der Waals surface area (Å²) in [4.78, 5) is 12.4. The summed E-state index contributed by atoms with van der Waals surface area (Å²) in [5.41, 5.74) is 1.49. The topological polar surface area (TPSA) is 53.3 Å². The van der Waals surface area contributed by atoms with Crippen molar-refractivity contribution < 1.29 is 9.53 Å². The zero-order chi connectivity index (χ0) is 12.1. The Hall–Kier alpha value is -1.93. The first-order valence-corrected chi connectivity index (χ1v) is 4.89. The highest BCUT2D eigenvalue weighted by atomic mass is 32.1. The third kappa shape index (κ3) is 2.55. The number of rotatable bonds is 1. The van der Waals surface area contributed by atoms with Crippen LogP contribution in [0.15, 0.2) is 24.3 Å². The lowest BCUT2D eigenvalue weighted by Gasteiger charge is -2.18. The molecule has 0 unspecified atom stereocenters. The van der Waals surface area contributed by atoms with E-state index in [0.29, 0.717) is 5.69 Å². The molecule has 0 aliphatic rings. The molecule has 5 heteroatoms. The van der Waals surface area contributed by atoms with Crippen molar-refractivity contribution in [2.75, 3.05) is 12.0 Å². The maximum absolute atomic E-state index is 11.5. The molecule has 0 aliphatic carbocycles. The summed E-state index contributed by atoms with van der Waals surface area (Å²) >= 11 is 4.81. The second kappa shape index (κ2) is 5.24. The van der Waals surface area contributed by atoms with Gasteiger partial charge in [0, 0.05) is 0 Å². The number of methoxy groups -OCH3 is 1. The lowest BCUT2D eigenvalue weighted by Crippen LogP contribution is -2.34. The van der Waals surface area contributed by atoms with Crippen LogP contribution in [0.2, 0.25) is 0 Å². The van der Waals surface area contributed by atoms with E-state index in [4.69, 9.17) is 17.5 Å². The summed E-state index contributed by atoms with van der Waals surface area (Å²) < 4.78 is 4.58. The van der Waals surface area contributed by atoms with E-state index < -0.39 is 6.09 Å². The van der Waals surface area contributed by atoms with Crippen molar-refractivity contribution in [1.82, 2.24) is 0 Å². The van der Waals surface area contributed by atoms with Crippen LogP contribution in [-0.4, -0.2) is 18.2 Å². The van der Waals surface area contributed by atoms with Crippen molar-refractivity contribution in [2.24, 2.45) is 0 Å². The van der Waals surface area contributed by atoms with Crippen LogP contribution in [0.4, 0.5) is 10.5 Å². The molecule has 0 aliphatic heterocycles. The minimum atomic E-state index is -0.669. The van der Waals surface area contributed by atoms with Crippen LogP contribution in [0.25, 0.3) is 0 Å². The van der Waals surface area contributed by atoms with Crippen molar-refractivity contribution in [2.45, 2.75) is 6.92 Å². The van der Waals surface area contributed by atoms with Gasteiger partial charge in [0.2, 0.25) is 0 Å². The molecule has 82 valence electrons. The van der Waals surface area contributed by atoms with Crippen molar-refractivity contribution >= 4 is 29.0 Å². The standard InChI is InChI=1S/C11H10N2O2S/c1-8-4-3-5-9(6-8)13(10(16)7-12)11(14)15-2/h3-6H,1-2H3. The zero-order valence-corrected chi connectivity index (χ0v) is 9.75. The number of thiocarbonyl (C=S) groups is 1. The molecule has 0 radical (unpaired) electrons. The lowest BCUT2D eigenvalue weighted by atomic mass is 10.2. The van der Waals surface area contributed by atoms with Crippen LogP contribution in [0, 0.1) is 18.3 Å². The Balaban J connectivity index is 3.17. The smallest absolute Gasteiger partial charge is 0.419 e. The van der Waals surface area contributed by atoms with Gasteiger partial charge in [0.1, 0.15) is 6.07 Å². The molecule has 4 nitrogen and oxygen atoms in total. The summed E-state index contributed by atoms with van der Waals surface area (Å²) in [6.45, 7) is 1.88. The van der Waals surface area contributed by atoms with Gasteiger partial charge < -0.3 is 4.74 Å². The molecule has 0 saturated heterocycles. The Labute approximate surface area is 99.0 Å². The van der Waals surface area contributed by atoms with Gasteiger partial charge in [-0.05, 0) is 36.8 Å². The Morgan fingerprint density at radius 1 is 1.56 bits per heavy atom. The number of amides is 1. The molecule has 0 N–H and O–H groups in total. The first kappa shape index (κ1) is 12.1. The lowest BCUT2D eigenvalue weighted by molar-refractivity contribution is 0.182. The number of hydrogen-bond acceptors (Lipinski definition) is 4. The van der Waals surface area contributed by atoms with Gasteiger partial charge in [0.15, 0.2) is 4.99 Å². The van der Waals surface area contributed by atoms with Crippen molar-refractivity contribution in [3.63, 3.8) is 0 Å². The third-order valence-corrected chi connectivity index (χ3v) is 2.19. The van der Waals surface area contributed by atoms with Gasteiger partial charge in [-0.1, -0.05) is 12.1 Å². The van der Waals surface area contributed by atoms with E-state index in [1.807, 2.05) is 13.0 Å². The fourth-order valence-electron chi connectivity index (χ4n) is 1.21. The van der Waals surface area contributed by atoms with Crippen LogP contribution in [-0.2, 0) is 4.74 Å². The number of aryl methyl sites for hydroxylation is 1. The molecule has 0 saturated carbocycles. The van der Waals surface area contributed by atoms with Gasteiger partial charge in [-0.2, -0.15) is 5.26 Å². The molecule has 0 spiro atoms. The molecule has 1 amide bonds. The summed E-state index contributed by atoms with van der Waals surface area (Å²) in [7, 11) is 1.24. The maximum Gasteiger partial charge on any atom is 0.419 e. The van der Waals surface area contributed by atoms with Gasteiger partial charge in [0.25, 0.3) is 0 Å². The second-order valence-corrected chi connectivity index (χ2v) is 3.45. The molecule has 0 bridgehead atoms. The second-order valence-electron chi connectivity index (χ2n) is 3.06. The van der Waals surface area contributed by atoms with Crippen molar-refractivity contribution in [1.29, 1.82) is 5.26 Å². The number of nitriles is 1. The highest BCUT2D eigenvalue weighted by molar-refractivity contribution is 7.81. The number of carbonyl (C=O) groups is 1. The van der Waals surface area contributed by atoms with Crippen LogP contribution < -0.4 is 4.90 Å². The maximum atomic E-state index is 11.5. The molecule has 0 fully saturated rings. The zero-order valence-electron chi connectivity index (χ0n) is 8.93. The van der Waals surface area contributed by atoms with E-state index in [9.17, 15) is 4.79 Å². The fourth-order valence-corrected chi connectivity index (χ4v) is 1.39. The average Bonchev–Trinajstić information content (AvgIpc) is 2.29. The number of benzene rings is 1. The monoisotopic (exact) mass is 234 g/mol. The van der Waals surface area contributed by atoms with Crippen LogP contribution in [0.3, 0.4) is 0 Å². The number of carbonyl (C=O) groups excluding carboxylic acids is 1. The minimum Gasteiger partial charge on any atom is -0.452 e. The Kier molecular flexibility index (Phi) is 3.97. The summed E-state index contributed by atoms with van der Waals surface area (Å²) in [5, 5.41) is 8.74. The minimum absolute atomic E-state index is 0.141. The van der Waals surface area contributed by atoms with Crippen molar-refractivity contribution in [3.05, 3.63) is 29.8 Å². The Morgan fingerprint density at radius 3 is 2.75 bits per heavy atom. The van der Waals surface area contributed by atoms with Gasteiger partial charge in [0.05, 0.1) is 12.8 Å². The van der Waals surface area contributed by atoms with Crippen LogP contribution in [0.5, 0.6) is 0 Å². The summed E-state index contributed by atoms with van der Waals surface area (Å²) in [6, 6.07) is 8.86. The van der Waals surface area contributed by atoms with E-state index in [-0.39, 0.29) is 4.99 Å². The molecule has 0 atom stereocenters. The molecule has 0 aromatic heterocycles. The van der Waals surface area contributed by atoms with E-state index >= 15 is 0 Å². The third-order valence-electron chi connectivity index (χ3n) is 1.92. The molecule has 1 aromatic carbocycles. The van der Waals surface area contributed by atoms with E-state index in [1.165, 1.54) is 7.11 Å². The molecule has 16 heavy (non-hydrogen) atoms. The highest BCUT2D eigenvalue weighted by Crippen LogP contribution is 2.17. The predicted octanol–water partition coefficient (Wildman–Crippen LogP) is 2.42. The molecule has 1 rings (SSSR count). The largest absolute Gasteiger partial charge is 0.452 e. The predicted molar refractivity (Wildman–Crippen MR) is 64.3 cm³/mol. The molecule has 1 aromatic rings. The number of anilines is 1. The van der Waals surface area contributed by atoms with Crippen LogP contribution >= 0.6 is 12.2 Å². The highest BCUT2D eigenvalue weighted by Gasteiger charge is 2.20. The van der Waals surface area contributed by atoms with Gasteiger partial charge in [-0.3, -0.25) is 0 Å². The molecular formula is C11H10N2O2S. The Bertz CT molecular complexity index is 465. The number of ether oxygens (including phenoxy) is 1. The first-order valence-electron chi connectivity index (χ1n) is 4.49. The number of hydrogen-bond donors (Lipinski definition) is 0. The van der Waals surface area contributed by atoms with Crippen molar-refractivity contribution in [3.8, 4) is 6.07 Å². The van der Waals surface area contributed by atoms with Crippen LogP contribution in [0.1, 0.15) is 5.56 Å². The Morgan fingerprint density at radius 2 is 2.25 bits per heavy atom. The van der Waals surface area contributed by atoms with Gasteiger partial charge in [-0.25, -0.2) is 9.69 Å². The quantitative estimate of drug-likeness (QED) is 0.700. The SMILES string of the molecule is COC(=O)N(C(=S)C#N)c1cccc(C)c1. The number of nitrogens with zero attached hydrogens (tertiary/aromatic N) is 2. The summed E-state index contributed by atoms with van der Waals surface area (Å²) in [5.74, 6) is 0. The normalized spacial score (nSPS) is 9.06. The molecular weight excluding hydrogens is 224 g/mol. The molecule has 0 heterocycles. The van der Waals surface area contributed by atoms with E-state index in [0.717, 1.165) is 10.5 Å².